The maximum Gasteiger partial charge on any atom is 0.541 e. The summed E-state index contributed by atoms with van der Waals surface area (Å²) in [5.74, 6) is 0.705. The van der Waals surface area contributed by atoms with E-state index in [0.29, 0.717) is 30.6 Å². The largest absolute Gasteiger partial charge is 0.541 e. The van der Waals surface area contributed by atoms with Crippen molar-refractivity contribution in [2.24, 2.45) is 0 Å². The number of hydrogen-bond acceptors (Lipinski definition) is 4. The molecule has 1 aromatic rings. The summed E-state index contributed by atoms with van der Waals surface area (Å²) in [4.78, 5) is 0. The Morgan fingerprint density at radius 3 is 1.95 bits per heavy atom. The Kier molecular flexibility index (Phi) is 7.69. The molecule has 21 heavy (non-hydrogen) atoms. The van der Waals surface area contributed by atoms with Gasteiger partial charge in [-0.3, -0.25) is 0 Å². The van der Waals surface area contributed by atoms with Gasteiger partial charge >= 0.3 is 8.80 Å². The summed E-state index contributed by atoms with van der Waals surface area (Å²) in [5.41, 5.74) is 0. The molecule has 4 nitrogen and oxygen atoms in total. The van der Waals surface area contributed by atoms with Crippen LogP contribution < -0.4 is 9.92 Å². The molecule has 0 heterocycles. The highest BCUT2D eigenvalue weighted by atomic mass is 35.5. The number of hydrogen-bond donors (Lipinski definition) is 0. The van der Waals surface area contributed by atoms with Gasteiger partial charge in [0.2, 0.25) is 0 Å². The van der Waals surface area contributed by atoms with Gasteiger partial charge in [-0.15, -0.1) is 0 Å². The molecule has 0 saturated carbocycles. The van der Waals surface area contributed by atoms with E-state index in [4.69, 9.17) is 29.6 Å². The molecule has 0 aliphatic rings. The van der Waals surface area contributed by atoms with Crippen LogP contribution in [0, 0.1) is 0 Å². The lowest BCUT2D eigenvalue weighted by atomic mass is 10.3. The fourth-order valence-corrected chi connectivity index (χ4v) is 4.92. The number of ether oxygens (including phenoxy) is 1. The topological polar surface area (TPSA) is 36.9 Å². The Morgan fingerprint density at radius 1 is 1.00 bits per heavy atom. The van der Waals surface area contributed by atoms with Gasteiger partial charge < -0.3 is 18.0 Å². The van der Waals surface area contributed by atoms with Crippen molar-refractivity contribution in [1.82, 2.24) is 0 Å². The maximum atomic E-state index is 6.16. The van der Waals surface area contributed by atoms with E-state index >= 15 is 0 Å². The first-order valence-corrected chi connectivity index (χ1v) is 9.47. The van der Waals surface area contributed by atoms with Crippen LogP contribution in [0.25, 0.3) is 0 Å². The lowest BCUT2D eigenvalue weighted by Gasteiger charge is -2.30. The van der Waals surface area contributed by atoms with Gasteiger partial charge in [-0.1, -0.05) is 11.6 Å². The molecule has 0 fully saturated rings. The second-order valence-electron chi connectivity index (χ2n) is 4.66. The molecule has 120 valence electrons. The van der Waals surface area contributed by atoms with E-state index in [1.807, 2.05) is 46.8 Å². The highest BCUT2D eigenvalue weighted by Gasteiger charge is 2.46. The Balaban J connectivity index is 3.35. The lowest BCUT2D eigenvalue weighted by molar-refractivity contribution is 0.0849. The summed E-state index contributed by atoms with van der Waals surface area (Å²) in [7, 11) is -3.02. The Morgan fingerprint density at radius 2 is 1.52 bits per heavy atom. The summed E-state index contributed by atoms with van der Waals surface area (Å²) in [6, 6.07) is 5.47. The first-order valence-electron chi connectivity index (χ1n) is 7.37. The number of halogens is 1. The van der Waals surface area contributed by atoms with Crippen LogP contribution in [0.3, 0.4) is 0 Å². The van der Waals surface area contributed by atoms with Crippen molar-refractivity contribution in [2.45, 2.75) is 40.7 Å². The van der Waals surface area contributed by atoms with Crippen molar-refractivity contribution in [3.8, 4) is 5.75 Å². The van der Waals surface area contributed by atoms with Crippen molar-refractivity contribution in [3.05, 3.63) is 23.2 Å². The molecule has 0 bridgehead atoms. The van der Waals surface area contributed by atoms with Crippen molar-refractivity contribution in [3.63, 3.8) is 0 Å². The van der Waals surface area contributed by atoms with E-state index in [-0.39, 0.29) is 6.10 Å². The van der Waals surface area contributed by atoms with E-state index in [1.54, 1.807) is 6.07 Å². The minimum atomic E-state index is -3.02. The Hall–Kier alpha value is -0.593. The minimum Gasteiger partial charge on any atom is -0.491 e. The fourth-order valence-electron chi connectivity index (χ4n) is 2.03. The monoisotopic (exact) mass is 332 g/mol. The van der Waals surface area contributed by atoms with Gasteiger partial charge in [-0.05, 0) is 52.8 Å². The van der Waals surface area contributed by atoms with Gasteiger partial charge in [0.05, 0.1) is 11.3 Å². The van der Waals surface area contributed by atoms with Gasteiger partial charge in [-0.25, -0.2) is 0 Å². The lowest BCUT2D eigenvalue weighted by Crippen LogP contribution is -2.57. The molecular weight excluding hydrogens is 308 g/mol. The van der Waals surface area contributed by atoms with E-state index in [1.165, 1.54) is 0 Å². The molecule has 0 N–H and O–H groups in total. The molecule has 6 heteroatoms. The Bertz CT molecular complexity index is 423. The van der Waals surface area contributed by atoms with Crippen molar-refractivity contribution < 1.29 is 18.0 Å². The molecule has 0 radical (unpaired) electrons. The van der Waals surface area contributed by atoms with Crippen LogP contribution in [0.5, 0.6) is 5.75 Å². The third-order valence-electron chi connectivity index (χ3n) is 2.64. The molecule has 0 unspecified atom stereocenters. The zero-order valence-electron chi connectivity index (χ0n) is 13.4. The first-order chi connectivity index (χ1) is 9.99. The summed E-state index contributed by atoms with van der Waals surface area (Å²) in [6.07, 6.45) is 0.0431. The minimum absolute atomic E-state index is 0.0431. The van der Waals surface area contributed by atoms with E-state index in [9.17, 15) is 0 Å². The van der Waals surface area contributed by atoms with Gasteiger partial charge in [-0.2, -0.15) is 0 Å². The smallest absolute Gasteiger partial charge is 0.491 e. The summed E-state index contributed by atoms with van der Waals surface area (Å²) < 4.78 is 23.7. The normalized spacial score (nSPS) is 12.0. The molecule has 0 saturated heterocycles. The molecule has 1 rings (SSSR count). The first kappa shape index (κ1) is 18.5. The van der Waals surface area contributed by atoms with E-state index < -0.39 is 8.80 Å². The number of rotatable bonds is 9. The van der Waals surface area contributed by atoms with Gasteiger partial charge in [0.1, 0.15) is 5.75 Å². The SMILES string of the molecule is CCO[Si](OCC)(OCC)c1cc(Cl)ccc1OC(C)C. The zero-order valence-corrected chi connectivity index (χ0v) is 15.2. The van der Waals surface area contributed by atoms with Crippen molar-refractivity contribution in [2.75, 3.05) is 19.8 Å². The molecule has 0 aliphatic carbocycles. The van der Waals surface area contributed by atoms with Crippen LogP contribution >= 0.6 is 11.6 Å². The van der Waals surface area contributed by atoms with Crippen LogP contribution in [0.15, 0.2) is 18.2 Å². The van der Waals surface area contributed by atoms with Crippen molar-refractivity contribution in [1.29, 1.82) is 0 Å². The molecular formula is C15H25ClO4Si. The highest BCUT2D eigenvalue weighted by molar-refractivity contribution is 6.76. The summed E-state index contributed by atoms with van der Waals surface area (Å²) >= 11 is 6.16. The summed E-state index contributed by atoms with van der Waals surface area (Å²) in [5, 5.41) is 1.39. The summed E-state index contributed by atoms with van der Waals surface area (Å²) in [6.45, 7) is 11.2. The molecule has 0 aromatic heterocycles. The molecule has 1 aromatic carbocycles. The second-order valence-corrected chi connectivity index (χ2v) is 7.62. The second kappa shape index (κ2) is 8.75. The van der Waals surface area contributed by atoms with Crippen LogP contribution in [0.2, 0.25) is 5.02 Å². The third kappa shape index (κ3) is 4.97. The zero-order chi connectivity index (χ0) is 15.9. The van der Waals surface area contributed by atoms with Gasteiger partial charge in [0.25, 0.3) is 0 Å². The van der Waals surface area contributed by atoms with Crippen LogP contribution in [0.1, 0.15) is 34.6 Å². The van der Waals surface area contributed by atoms with E-state index in [0.717, 1.165) is 5.19 Å². The quantitative estimate of drug-likeness (QED) is 0.650. The Labute approximate surface area is 133 Å². The molecule has 0 atom stereocenters. The predicted molar refractivity (Wildman–Crippen MR) is 87.5 cm³/mol. The third-order valence-corrected chi connectivity index (χ3v) is 5.93. The van der Waals surface area contributed by atoms with Crippen molar-refractivity contribution >= 4 is 25.6 Å². The number of benzene rings is 1. The van der Waals surface area contributed by atoms with E-state index in [2.05, 4.69) is 0 Å². The fraction of sp³-hybridized carbons (Fsp3) is 0.600. The standard InChI is InChI=1S/C15H25ClO4Si/c1-6-17-21(18-7-2,19-8-3)15-11-13(16)9-10-14(15)20-12(4)5/h9-12H,6-8H2,1-5H3. The highest BCUT2D eigenvalue weighted by Crippen LogP contribution is 2.22. The maximum absolute atomic E-state index is 6.16. The average Bonchev–Trinajstić information content (AvgIpc) is 2.41. The average molecular weight is 333 g/mol. The van der Waals surface area contributed by atoms with Crippen LogP contribution in [-0.2, 0) is 13.3 Å². The molecule has 0 amide bonds. The van der Waals surface area contributed by atoms with Gasteiger partial charge in [0.15, 0.2) is 0 Å². The van der Waals surface area contributed by atoms with Crippen LogP contribution in [0.4, 0.5) is 0 Å². The van der Waals surface area contributed by atoms with Crippen LogP contribution in [-0.4, -0.2) is 34.7 Å². The molecule has 0 aliphatic heterocycles. The van der Waals surface area contributed by atoms with Gasteiger partial charge in [0, 0.05) is 24.8 Å². The predicted octanol–water partition coefficient (Wildman–Crippen LogP) is 3.38. The molecule has 0 spiro atoms.